The maximum atomic E-state index is 11.5. The van der Waals surface area contributed by atoms with Crippen LogP contribution in [0.4, 0.5) is 0 Å². The van der Waals surface area contributed by atoms with Crippen LogP contribution in [0.15, 0.2) is 60.7 Å². The Morgan fingerprint density at radius 1 is 0.786 bits per heavy atom. The highest BCUT2D eigenvalue weighted by molar-refractivity contribution is 5.93. The molecule has 0 radical (unpaired) electrons. The van der Waals surface area contributed by atoms with Gasteiger partial charge >= 0.3 is 5.97 Å². The Kier molecular flexibility index (Phi) is 11.3. The molecule has 2 rings (SSSR count). The van der Waals surface area contributed by atoms with Crippen molar-refractivity contribution in [3.8, 4) is 0 Å². The zero-order valence-electron chi connectivity index (χ0n) is 15.6. The highest BCUT2D eigenvalue weighted by Gasteiger charge is 2.07. The Morgan fingerprint density at radius 2 is 1.21 bits per heavy atom. The molecule has 150 valence electrons. The van der Waals surface area contributed by atoms with Crippen LogP contribution in [0.25, 0.3) is 0 Å². The molecule has 0 atom stereocenters. The predicted molar refractivity (Wildman–Crippen MR) is 102 cm³/mol. The van der Waals surface area contributed by atoms with Gasteiger partial charge in [-0.1, -0.05) is 66.1 Å². The number of amides is 2. The van der Waals surface area contributed by atoms with Crippen molar-refractivity contribution >= 4 is 17.8 Å². The molecule has 0 saturated heterocycles. The van der Waals surface area contributed by atoms with Crippen LogP contribution in [0.5, 0.6) is 0 Å². The summed E-state index contributed by atoms with van der Waals surface area (Å²) in [5.74, 6) is -1.66. The fourth-order valence-corrected chi connectivity index (χ4v) is 1.94. The van der Waals surface area contributed by atoms with Gasteiger partial charge < -0.3 is 5.11 Å². The first-order valence-corrected chi connectivity index (χ1v) is 8.79. The first kappa shape index (κ1) is 22.8. The Morgan fingerprint density at radius 3 is 1.57 bits per heavy atom. The van der Waals surface area contributed by atoms with Crippen molar-refractivity contribution in [2.24, 2.45) is 0 Å². The summed E-state index contributed by atoms with van der Waals surface area (Å²) in [6.45, 7) is 2.06. The third-order valence-corrected chi connectivity index (χ3v) is 3.38. The monoisotopic (exact) mass is 388 g/mol. The van der Waals surface area contributed by atoms with Gasteiger partial charge in [-0.3, -0.25) is 14.4 Å². The molecule has 2 amide bonds. The van der Waals surface area contributed by atoms with Gasteiger partial charge in [0.25, 0.3) is 11.8 Å². The van der Waals surface area contributed by atoms with E-state index in [1.807, 2.05) is 11.0 Å². The molecule has 0 unspecified atom stereocenters. The zero-order valence-corrected chi connectivity index (χ0v) is 15.6. The number of carboxylic acids is 1. The third-order valence-electron chi connectivity index (χ3n) is 3.38. The van der Waals surface area contributed by atoms with E-state index in [1.54, 1.807) is 60.7 Å². The molecule has 0 aromatic heterocycles. The molecule has 0 spiro atoms. The topological polar surface area (TPSA) is 114 Å². The molecule has 0 aliphatic carbocycles. The highest BCUT2D eigenvalue weighted by atomic mass is 17.3. The minimum atomic E-state index is -0.682. The average molecular weight is 388 g/mol. The summed E-state index contributed by atoms with van der Waals surface area (Å²) in [5.41, 5.74) is 4.88. The molecule has 0 heterocycles. The van der Waals surface area contributed by atoms with E-state index < -0.39 is 17.8 Å². The number of hydrogen-bond donors (Lipinski definition) is 3. The fraction of sp³-hybridized carbons (Fsp3) is 0.250. The van der Waals surface area contributed by atoms with E-state index in [0.717, 1.165) is 19.3 Å². The van der Waals surface area contributed by atoms with Gasteiger partial charge in [0.2, 0.25) is 0 Å². The highest BCUT2D eigenvalue weighted by Crippen LogP contribution is 1.99. The van der Waals surface area contributed by atoms with Crippen molar-refractivity contribution in [3.05, 3.63) is 71.8 Å². The van der Waals surface area contributed by atoms with Crippen LogP contribution in [0.1, 0.15) is 53.3 Å². The standard InChI is InChI=1S/C14H12N2O4.C6H12O2/c17-13(11-7-3-1-4-8-11)15-19-20-16-14(18)12-9-5-2-6-10-12;1-2-3-4-5-6(7)8/h1-10H,(H,15,17)(H,16,18);2-5H2,1H3,(H,7,8). The quantitative estimate of drug-likeness (QED) is 0.345. The summed E-state index contributed by atoms with van der Waals surface area (Å²) in [6.07, 6.45) is 3.28. The van der Waals surface area contributed by atoms with E-state index in [0.29, 0.717) is 17.5 Å². The Bertz CT molecular complexity index is 668. The van der Waals surface area contributed by atoms with Gasteiger partial charge in [-0.25, -0.2) is 0 Å². The number of rotatable bonds is 9. The normalized spacial score (nSPS) is 9.61. The Balaban J connectivity index is 0.000000416. The third kappa shape index (κ3) is 10.0. The number of hydrogen-bond acceptors (Lipinski definition) is 5. The number of carbonyl (C=O) groups excluding carboxylic acids is 2. The second-order valence-corrected chi connectivity index (χ2v) is 5.61. The lowest BCUT2D eigenvalue weighted by Crippen LogP contribution is -2.30. The minimum absolute atomic E-state index is 0.327. The second-order valence-electron chi connectivity index (χ2n) is 5.61. The number of aliphatic carboxylic acids is 1. The lowest BCUT2D eigenvalue weighted by Gasteiger charge is -2.05. The van der Waals surface area contributed by atoms with Crippen molar-refractivity contribution < 1.29 is 29.5 Å². The van der Waals surface area contributed by atoms with Crippen LogP contribution in [0.3, 0.4) is 0 Å². The van der Waals surface area contributed by atoms with Crippen molar-refractivity contribution in [2.75, 3.05) is 0 Å². The zero-order chi connectivity index (χ0) is 20.6. The molecular formula is C20H24N2O6. The molecule has 2 aromatic carbocycles. The number of carbonyl (C=O) groups is 3. The van der Waals surface area contributed by atoms with Crippen LogP contribution >= 0.6 is 0 Å². The van der Waals surface area contributed by atoms with Crippen LogP contribution in [0.2, 0.25) is 0 Å². The molecule has 0 aliphatic rings. The van der Waals surface area contributed by atoms with Crippen LogP contribution in [-0.4, -0.2) is 22.9 Å². The second kappa shape index (κ2) is 13.9. The van der Waals surface area contributed by atoms with Gasteiger partial charge in [0.05, 0.1) is 0 Å². The number of nitrogens with one attached hydrogen (secondary N) is 2. The van der Waals surface area contributed by atoms with Crippen LogP contribution in [0, 0.1) is 0 Å². The van der Waals surface area contributed by atoms with Gasteiger partial charge in [-0.2, -0.15) is 11.0 Å². The molecular weight excluding hydrogens is 364 g/mol. The first-order chi connectivity index (χ1) is 13.5. The molecule has 2 aromatic rings. The molecule has 0 fully saturated rings. The van der Waals surface area contributed by atoms with Crippen molar-refractivity contribution in [3.63, 3.8) is 0 Å². The van der Waals surface area contributed by atoms with E-state index in [-0.39, 0.29) is 0 Å². The fourth-order valence-electron chi connectivity index (χ4n) is 1.94. The number of carboxylic acid groups (broad SMARTS) is 1. The van der Waals surface area contributed by atoms with Gasteiger partial charge in [0.1, 0.15) is 0 Å². The average Bonchev–Trinajstić information content (AvgIpc) is 2.72. The maximum Gasteiger partial charge on any atom is 0.303 e. The molecule has 0 bridgehead atoms. The summed E-state index contributed by atoms with van der Waals surface area (Å²) in [4.78, 5) is 41.8. The Hall–Kier alpha value is -3.23. The maximum absolute atomic E-state index is 11.5. The van der Waals surface area contributed by atoms with E-state index in [9.17, 15) is 14.4 Å². The number of unbranched alkanes of at least 4 members (excludes halogenated alkanes) is 2. The number of hydroxylamine groups is 2. The lowest BCUT2D eigenvalue weighted by molar-refractivity contribution is -0.352. The molecule has 8 nitrogen and oxygen atoms in total. The first-order valence-electron chi connectivity index (χ1n) is 8.79. The summed E-state index contributed by atoms with van der Waals surface area (Å²) < 4.78 is 0. The van der Waals surface area contributed by atoms with Crippen molar-refractivity contribution in [2.45, 2.75) is 32.6 Å². The van der Waals surface area contributed by atoms with E-state index in [4.69, 9.17) is 5.11 Å². The molecule has 3 N–H and O–H groups in total. The van der Waals surface area contributed by atoms with Gasteiger partial charge in [0.15, 0.2) is 0 Å². The summed E-state index contributed by atoms with van der Waals surface area (Å²) in [6, 6.07) is 16.9. The summed E-state index contributed by atoms with van der Waals surface area (Å²) >= 11 is 0. The largest absolute Gasteiger partial charge is 0.481 e. The Labute approximate surface area is 163 Å². The predicted octanol–water partition coefficient (Wildman–Crippen LogP) is 3.28. The van der Waals surface area contributed by atoms with Crippen LogP contribution < -0.4 is 11.0 Å². The minimum Gasteiger partial charge on any atom is -0.481 e. The van der Waals surface area contributed by atoms with Gasteiger partial charge in [-0.15, -0.1) is 0 Å². The lowest BCUT2D eigenvalue weighted by atomic mass is 10.2. The molecule has 0 saturated carbocycles. The van der Waals surface area contributed by atoms with Crippen LogP contribution in [-0.2, 0) is 14.8 Å². The van der Waals surface area contributed by atoms with E-state index in [2.05, 4.69) is 16.9 Å². The van der Waals surface area contributed by atoms with Crippen molar-refractivity contribution in [1.82, 2.24) is 11.0 Å². The summed E-state index contributed by atoms with van der Waals surface area (Å²) in [7, 11) is 0. The van der Waals surface area contributed by atoms with Gasteiger partial charge in [0, 0.05) is 17.5 Å². The SMILES string of the molecule is CCCCCC(=O)O.O=C(NOONC(=O)c1ccccc1)c1ccccc1. The number of benzene rings is 2. The molecule has 8 heteroatoms. The van der Waals surface area contributed by atoms with E-state index in [1.165, 1.54) is 0 Å². The summed E-state index contributed by atoms with van der Waals surface area (Å²) in [5, 5.41) is 8.14. The molecule has 28 heavy (non-hydrogen) atoms. The van der Waals surface area contributed by atoms with Gasteiger partial charge in [-0.05, 0) is 30.7 Å². The van der Waals surface area contributed by atoms with E-state index >= 15 is 0 Å². The smallest absolute Gasteiger partial charge is 0.303 e. The van der Waals surface area contributed by atoms with Crippen molar-refractivity contribution in [1.29, 1.82) is 0 Å². The molecule has 0 aliphatic heterocycles.